The van der Waals surface area contributed by atoms with Crippen molar-refractivity contribution in [2.75, 3.05) is 20.8 Å². The Morgan fingerprint density at radius 2 is 1.67 bits per heavy atom. The van der Waals surface area contributed by atoms with E-state index in [0.29, 0.717) is 23.7 Å². The molecule has 0 aliphatic rings. The number of hydrogen-bond donors (Lipinski definition) is 0. The molecule has 0 amide bonds. The lowest BCUT2D eigenvalue weighted by atomic mass is 10.2. The molecule has 0 bridgehead atoms. The van der Waals surface area contributed by atoms with Crippen molar-refractivity contribution in [1.82, 2.24) is 0 Å². The maximum absolute atomic E-state index is 11.7. The highest BCUT2D eigenvalue weighted by Crippen LogP contribution is 2.23. The van der Waals surface area contributed by atoms with Crippen molar-refractivity contribution < 1.29 is 24.0 Å². The van der Waals surface area contributed by atoms with E-state index >= 15 is 0 Å². The van der Waals surface area contributed by atoms with Crippen molar-refractivity contribution in [3.05, 3.63) is 23.8 Å². The Bertz CT molecular complexity index is 378. The molecule has 5 heteroatoms. The van der Waals surface area contributed by atoms with E-state index in [9.17, 15) is 4.79 Å². The van der Waals surface area contributed by atoms with Gasteiger partial charge in [-0.3, -0.25) is 4.89 Å². The van der Waals surface area contributed by atoms with Gasteiger partial charge in [0.25, 0.3) is 0 Å². The van der Waals surface area contributed by atoms with Crippen molar-refractivity contribution in [3.8, 4) is 11.5 Å². The molecular weight excluding hydrogens is 236 g/mol. The van der Waals surface area contributed by atoms with Crippen molar-refractivity contribution in [2.24, 2.45) is 5.92 Å². The van der Waals surface area contributed by atoms with Crippen LogP contribution in [0.2, 0.25) is 0 Å². The fraction of sp³-hybridized carbons (Fsp3) is 0.462. The van der Waals surface area contributed by atoms with Crippen LogP contribution in [-0.2, 0) is 9.78 Å². The SMILES string of the molecule is COc1cc(OC)cc(C(=O)OOCC(C)C)c1. The van der Waals surface area contributed by atoms with Gasteiger partial charge in [0, 0.05) is 6.07 Å². The number of hydrogen-bond acceptors (Lipinski definition) is 5. The summed E-state index contributed by atoms with van der Waals surface area (Å²) in [6.07, 6.45) is 0. The zero-order chi connectivity index (χ0) is 13.5. The van der Waals surface area contributed by atoms with E-state index in [2.05, 4.69) is 4.89 Å². The molecule has 0 fully saturated rings. The lowest BCUT2D eigenvalue weighted by Crippen LogP contribution is -2.10. The highest BCUT2D eigenvalue weighted by molar-refractivity contribution is 5.90. The van der Waals surface area contributed by atoms with E-state index < -0.39 is 5.97 Å². The molecule has 1 rings (SSSR count). The van der Waals surface area contributed by atoms with Gasteiger partial charge in [0.15, 0.2) is 0 Å². The number of carbonyl (C=O) groups is 1. The van der Waals surface area contributed by atoms with E-state index in [1.165, 1.54) is 14.2 Å². The molecule has 0 aliphatic heterocycles. The quantitative estimate of drug-likeness (QED) is 0.576. The molecule has 5 nitrogen and oxygen atoms in total. The number of benzene rings is 1. The second-order valence-electron chi connectivity index (χ2n) is 4.15. The summed E-state index contributed by atoms with van der Waals surface area (Å²) >= 11 is 0. The summed E-state index contributed by atoms with van der Waals surface area (Å²) < 4.78 is 10.1. The molecule has 0 unspecified atom stereocenters. The van der Waals surface area contributed by atoms with Crippen molar-refractivity contribution in [3.63, 3.8) is 0 Å². The van der Waals surface area contributed by atoms with Crippen LogP contribution in [0.5, 0.6) is 11.5 Å². The second kappa shape index (κ2) is 6.86. The van der Waals surface area contributed by atoms with Crippen LogP contribution in [-0.4, -0.2) is 26.8 Å². The topological polar surface area (TPSA) is 54.0 Å². The molecule has 0 N–H and O–H groups in total. The van der Waals surface area contributed by atoms with Gasteiger partial charge in [0.05, 0.1) is 26.4 Å². The van der Waals surface area contributed by atoms with Gasteiger partial charge < -0.3 is 9.47 Å². The Morgan fingerprint density at radius 1 is 1.11 bits per heavy atom. The lowest BCUT2D eigenvalue weighted by Gasteiger charge is -2.08. The molecule has 18 heavy (non-hydrogen) atoms. The highest BCUT2D eigenvalue weighted by Gasteiger charge is 2.12. The van der Waals surface area contributed by atoms with Crippen molar-refractivity contribution >= 4 is 5.97 Å². The molecule has 1 aromatic rings. The summed E-state index contributed by atoms with van der Waals surface area (Å²) in [6, 6.07) is 4.79. The highest BCUT2D eigenvalue weighted by atomic mass is 17.2. The fourth-order valence-electron chi connectivity index (χ4n) is 1.20. The van der Waals surface area contributed by atoms with Gasteiger partial charge in [-0.1, -0.05) is 13.8 Å². The van der Waals surface area contributed by atoms with Crippen LogP contribution in [0, 0.1) is 5.92 Å². The van der Waals surface area contributed by atoms with Crippen LogP contribution in [0.4, 0.5) is 0 Å². The largest absolute Gasteiger partial charge is 0.497 e. The van der Waals surface area contributed by atoms with E-state index in [0.717, 1.165) is 0 Å². The zero-order valence-corrected chi connectivity index (χ0v) is 11.1. The monoisotopic (exact) mass is 254 g/mol. The molecule has 0 spiro atoms. The molecule has 100 valence electrons. The lowest BCUT2D eigenvalue weighted by molar-refractivity contribution is -0.246. The second-order valence-corrected chi connectivity index (χ2v) is 4.15. The Morgan fingerprint density at radius 3 is 2.11 bits per heavy atom. The van der Waals surface area contributed by atoms with Crippen molar-refractivity contribution in [2.45, 2.75) is 13.8 Å². The Balaban J connectivity index is 2.72. The third-order valence-corrected chi connectivity index (χ3v) is 2.12. The van der Waals surface area contributed by atoms with Crippen LogP contribution < -0.4 is 9.47 Å². The first-order valence-corrected chi connectivity index (χ1v) is 5.63. The summed E-state index contributed by atoms with van der Waals surface area (Å²) in [5.74, 6) is 0.751. The summed E-state index contributed by atoms with van der Waals surface area (Å²) in [7, 11) is 3.03. The van der Waals surface area contributed by atoms with E-state index in [-0.39, 0.29) is 5.92 Å². The minimum absolute atomic E-state index is 0.289. The molecule has 0 atom stereocenters. The first kappa shape index (κ1) is 14.3. The Labute approximate surface area is 107 Å². The third-order valence-electron chi connectivity index (χ3n) is 2.12. The molecule has 0 saturated carbocycles. The molecule has 1 aromatic carbocycles. The number of rotatable bonds is 6. The fourth-order valence-corrected chi connectivity index (χ4v) is 1.20. The van der Waals surface area contributed by atoms with E-state index in [4.69, 9.17) is 14.4 Å². The van der Waals surface area contributed by atoms with Gasteiger partial charge in [-0.05, 0) is 18.1 Å². The average molecular weight is 254 g/mol. The average Bonchev–Trinajstić information content (AvgIpc) is 2.37. The predicted molar refractivity (Wildman–Crippen MR) is 65.8 cm³/mol. The van der Waals surface area contributed by atoms with E-state index in [1.54, 1.807) is 18.2 Å². The molecule has 0 saturated heterocycles. The van der Waals surface area contributed by atoms with Gasteiger partial charge in [0.1, 0.15) is 11.5 Å². The minimum atomic E-state index is -0.576. The maximum atomic E-state index is 11.7. The van der Waals surface area contributed by atoms with Gasteiger partial charge >= 0.3 is 5.97 Å². The Kier molecular flexibility index (Phi) is 5.45. The van der Waals surface area contributed by atoms with Crippen molar-refractivity contribution in [1.29, 1.82) is 0 Å². The van der Waals surface area contributed by atoms with Crippen LogP contribution in [0.1, 0.15) is 24.2 Å². The Hall–Kier alpha value is -1.75. The predicted octanol–water partition coefficient (Wildman–Crippen LogP) is 2.45. The number of ether oxygens (including phenoxy) is 2. The smallest absolute Gasteiger partial charge is 0.373 e. The number of methoxy groups -OCH3 is 2. The molecule has 0 aromatic heterocycles. The molecule has 0 radical (unpaired) electrons. The van der Waals surface area contributed by atoms with Crippen LogP contribution >= 0.6 is 0 Å². The normalized spacial score (nSPS) is 10.3. The first-order valence-electron chi connectivity index (χ1n) is 5.63. The summed E-state index contributed by atoms with van der Waals surface area (Å²) in [4.78, 5) is 21.2. The standard InChI is InChI=1S/C13H18O5/c1-9(2)8-17-18-13(14)10-5-11(15-3)7-12(6-10)16-4/h5-7,9H,8H2,1-4H3. The van der Waals surface area contributed by atoms with Gasteiger partial charge in [-0.2, -0.15) is 4.89 Å². The van der Waals surface area contributed by atoms with Gasteiger partial charge in [0.2, 0.25) is 0 Å². The zero-order valence-electron chi connectivity index (χ0n) is 11.1. The minimum Gasteiger partial charge on any atom is -0.497 e. The first-order chi connectivity index (χ1) is 8.56. The van der Waals surface area contributed by atoms with Crippen LogP contribution in [0.25, 0.3) is 0 Å². The molecule has 0 aliphatic carbocycles. The van der Waals surface area contributed by atoms with Gasteiger partial charge in [-0.25, -0.2) is 4.79 Å². The van der Waals surface area contributed by atoms with Crippen LogP contribution in [0.3, 0.4) is 0 Å². The third kappa shape index (κ3) is 4.25. The van der Waals surface area contributed by atoms with Gasteiger partial charge in [-0.15, -0.1) is 0 Å². The van der Waals surface area contributed by atoms with Crippen LogP contribution in [0.15, 0.2) is 18.2 Å². The molecule has 0 heterocycles. The summed E-state index contributed by atoms with van der Waals surface area (Å²) in [5.41, 5.74) is 0.315. The summed E-state index contributed by atoms with van der Waals surface area (Å²) in [6.45, 7) is 4.28. The number of carbonyl (C=O) groups excluding carboxylic acids is 1. The summed E-state index contributed by atoms with van der Waals surface area (Å²) in [5, 5.41) is 0. The maximum Gasteiger partial charge on any atom is 0.373 e. The molecular formula is C13H18O5. The van der Waals surface area contributed by atoms with E-state index in [1.807, 2.05) is 13.8 Å².